The molecule has 0 aliphatic heterocycles. The van der Waals surface area contributed by atoms with Gasteiger partial charge in [-0.3, -0.25) is 10.1 Å². The van der Waals surface area contributed by atoms with E-state index in [-0.39, 0.29) is 33.8 Å². The van der Waals surface area contributed by atoms with Gasteiger partial charge >= 0.3 is 6.36 Å². The summed E-state index contributed by atoms with van der Waals surface area (Å²) in [6.45, 7) is 4.67. The van der Waals surface area contributed by atoms with Crippen molar-refractivity contribution in [1.29, 1.82) is 0 Å². The number of benzene rings is 2. The first kappa shape index (κ1) is 27.0. The number of phenolic OH excluding ortho intramolecular Hbond substituents is 1. The van der Waals surface area contributed by atoms with Gasteiger partial charge in [0.1, 0.15) is 11.5 Å². The number of alkyl halides is 3. The highest BCUT2D eigenvalue weighted by Crippen LogP contribution is 2.34. The predicted octanol–water partition coefficient (Wildman–Crippen LogP) is 7.54. The van der Waals surface area contributed by atoms with Crippen LogP contribution in [0.4, 0.5) is 18.3 Å². The highest BCUT2D eigenvalue weighted by molar-refractivity contribution is 7.22. The summed E-state index contributed by atoms with van der Waals surface area (Å²) in [4.78, 5) is 17.0. The first-order valence-electron chi connectivity index (χ1n) is 11.2. The molecule has 6 nitrogen and oxygen atoms in total. The molecule has 1 aliphatic carbocycles. The number of aromatic hydroxyl groups is 1. The zero-order valence-electron chi connectivity index (χ0n) is 19.2. The highest BCUT2D eigenvalue weighted by atomic mass is 35.5. The van der Waals surface area contributed by atoms with E-state index in [1.165, 1.54) is 43.5 Å². The van der Waals surface area contributed by atoms with Gasteiger partial charge in [-0.15, -0.1) is 13.2 Å². The number of phenols is 1. The SMILES string of the molecule is CC.O=C(Nc1nc2ccc(OC(F)(F)F)cc2s1)c1cc(Cl)cc(COCCC2CCC2)c1O. The molecule has 0 saturated heterocycles. The summed E-state index contributed by atoms with van der Waals surface area (Å²) < 4.78 is 47.2. The van der Waals surface area contributed by atoms with Crippen LogP contribution < -0.4 is 10.1 Å². The van der Waals surface area contributed by atoms with Gasteiger partial charge in [0.2, 0.25) is 0 Å². The molecule has 2 aromatic carbocycles. The molecule has 35 heavy (non-hydrogen) atoms. The van der Waals surface area contributed by atoms with Crippen molar-refractivity contribution in [2.24, 2.45) is 5.92 Å². The number of fused-ring (bicyclic) bond motifs is 1. The van der Waals surface area contributed by atoms with Crippen LogP contribution in [0, 0.1) is 5.92 Å². The molecule has 2 N–H and O–H groups in total. The first-order chi connectivity index (χ1) is 16.7. The summed E-state index contributed by atoms with van der Waals surface area (Å²) in [5.74, 6) is -0.589. The number of rotatable bonds is 8. The summed E-state index contributed by atoms with van der Waals surface area (Å²) in [6, 6.07) is 6.55. The number of nitrogens with one attached hydrogen (secondary N) is 1. The lowest BCUT2D eigenvalue weighted by Crippen LogP contribution is -2.16. The monoisotopic (exact) mass is 530 g/mol. The van der Waals surface area contributed by atoms with Gasteiger partial charge in [-0.25, -0.2) is 4.98 Å². The van der Waals surface area contributed by atoms with Crippen molar-refractivity contribution < 1.29 is 32.5 Å². The van der Waals surface area contributed by atoms with Gasteiger partial charge in [0.25, 0.3) is 5.91 Å². The minimum atomic E-state index is -4.81. The fourth-order valence-electron chi connectivity index (χ4n) is 3.47. The molecule has 0 atom stereocenters. The average Bonchev–Trinajstić information content (AvgIpc) is 3.16. The number of hydrogen-bond acceptors (Lipinski definition) is 6. The van der Waals surface area contributed by atoms with Crippen molar-refractivity contribution in [3.8, 4) is 11.5 Å². The van der Waals surface area contributed by atoms with Gasteiger partial charge in [0, 0.05) is 23.3 Å². The number of carbonyl (C=O) groups is 1. The number of aromatic nitrogens is 1. The third-order valence-electron chi connectivity index (χ3n) is 5.36. The molecule has 0 bridgehead atoms. The molecular weight excluding hydrogens is 505 g/mol. The average molecular weight is 531 g/mol. The first-order valence-corrected chi connectivity index (χ1v) is 12.4. The summed E-state index contributed by atoms with van der Waals surface area (Å²) >= 11 is 7.10. The zero-order chi connectivity index (χ0) is 25.6. The van der Waals surface area contributed by atoms with Crippen molar-refractivity contribution >= 4 is 44.2 Å². The molecule has 0 spiro atoms. The van der Waals surface area contributed by atoms with Crippen LogP contribution in [0.5, 0.6) is 11.5 Å². The standard InChI is InChI=1S/C22H20ClF3N2O4S.C2H6/c23-14-8-13(11-31-7-6-12-2-1-3-12)19(29)16(9-14)20(30)28-21-27-17-5-4-15(10-18(17)33-21)32-22(24,25)26;1-2/h4-5,8-10,12,29H,1-3,6-7,11H2,(H,27,28,30);1-2H3. The molecular formula is C24H26ClF3N2O4S. The number of carbonyl (C=O) groups excluding carboxylic acids is 1. The Morgan fingerprint density at radius 1 is 1.26 bits per heavy atom. The minimum Gasteiger partial charge on any atom is -0.507 e. The number of hydrogen-bond donors (Lipinski definition) is 2. The topological polar surface area (TPSA) is 80.7 Å². The Balaban J connectivity index is 0.00000167. The Morgan fingerprint density at radius 2 is 2.00 bits per heavy atom. The number of thiazole rings is 1. The second-order valence-electron chi connectivity index (χ2n) is 7.75. The molecule has 0 unspecified atom stereocenters. The van der Waals surface area contributed by atoms with Crippen LogP contribution in [0.2, 0.25) is 5.02 Å². The van der Waals surface area contributed by atoms with Crippen LogP contribution in [0.1, 0.15) is 55.5 Å². The van der Waals surface area contributed by atoms with Crippen LogP contribution in [0.25, 0.3) is 10.2 Å². The largest absolute Gasteiger partial charge is 0.573 e. The van der Waals surface area contributed by atoms with E-state index in [4.69, 9.17) is 16.3 Å². The van der Waals surface area contributed by atoms with Gasteiger partial charge in [-0.1, -0.05) is 56.0 Å². The smallest absolute Gasteiger partial charge is 0.507 e. The summed E-state index contributed by atoms with van der Waals surface area (Å²) in [7, 11) is 0. The molecule has 1 saturated carbocycles. The number of halogens is 4. The van der Waals surface area contributed by atoms with E-state index in [0.717, 1.165) is 23.8 Å². The second kappa shape index (κ2) is 11.9. The van der Waals surface area contributed by atoms with Gasteiger partial charge < -0.3 is 14.6 Å². The number of anilines is 1. The van der Waals surface area contributed by atoms with Gasteiger partial charge in [-0.05, 0) is 36.6 Å². The maximum absolute atomic E-state index is 12.8. The van der Waals surface area contributed by atoms with Crippen LogP contribution >= 0.6 is 22.9 Å². The second-order valence-corrected chi connectivity index (χ2v) is 9.22. The molecule has 1 heterocycles. The molecule has 0 radical (unpaired) electrons. The number of ether oxygens (including phenoxy) is 2. The summed E-state index contributed by atoms with van der Waals surface area (Å²) in [5.41, 5.74) is 0.723. The highest BCUT2D eigenvalue weighted by Gasteiger charge is 2.31. The van der Waals surface area contributed by atoms with E-state index in [2.05, 4.69) is 15.0 Å². The Hall–Kier alpha value is -2.56. The van der Waals surface area contributed by atoms with E-state index in [1.54, 1.807) is 0 Å². The van der Waals surface area contributed by atoms with E-state index in [9.17, 15) is 23.1 Å². The van der Waals surface area contributed by atoms with E-state index in [0.29, 0.717) is 28.3 Å². The van der Waals surface area contributed by atoms with E-state index >= 15 is 0 Å². The van der Waals surface area contributed by atoms with Crippen LogP contribution in [0.3, 0.4) is 0 Å². The number of amides is 1. The van der Waals surface area contributed by atoms with Crippen molar-refractivity contribution in [1.82, 2.24) is 4.98 Å². The molecule has 1 aromatic heterocycles. The Morgan fingerprint density at radius 3 is 2.66 bits per heavy atom. The summed E-state index contributed by atoms with van der Waals surface area (Å²) in [6.07, 6.45) is -0.146. The van der Waals surface area contributed by atoms with Crippen molar-refractivity contribution in [2.45, 2.75) is 52.5 Å². The van der Waals surface area contributed by atoms with E-state index < -0.39 is 12.3 Å². The third kappa shape index (κ3) is 7.46. The fraction of sp³-hybridized carbons (Fsp3) is 0.417. The molecule has 1 aliphatic rings. The molecule has 11 heteroatoms. The Kier molecular flexibility index (Phi) is 9.21. The molecule has 3 aromatic rings. The van der Waals surface area contributed by atoms with Crippen LogP contribution in [-0.2, 0) is 11.3 Å². The van der Waals surface area contributed by atoms with Crippen molar-refractivity contribution in [2.75, 3.05) is 11.9 Å². The lowest BCUT2D eigenvalue weighted by Gasteiger charge is -2.24. The molecule has 1 amide bonds. The fourth-order valence-corrected chi connectivity index (χ4v) is 4.60. The Labute approximate surface area is 210 Å². The molecule has 1 fully saturated rings. The molecule has 190 valence electrons. The van der Waals surface area contributed by atoms with E-state index in [1.807, 2.05) is 13.8 Å². The quantitative estimate of drug-likeness (QED) is 0.294. The van der Waals surface area contributed by atoms with Crippen molar-refractivity contribution in [3.05, 3.63) is 46.5 Å². The van der Waals surface area contributed by atoms with Gasteiger partial charge in [0.15, 0.2) is 5.13 Å². The minimum absolute atomic E-state index is 0.0551. The summed E-state index contributed by atoms with van der Waals surface area (Å²) in [5, 5.41) is 13.5. The van der Waals surface area contributed by atoms with Crippen LogP contribution in [0.15, 0.2) is 30.3 Å². The van der Waals surface area contributed by atoms with Crippen molar-refractivity contribution in [3.63, 3.8) is 0 Å². The lowest BCUT2D eigenvalue weighted by molar-refractivity contribution is -0.274. The number of nitrogens with zero attached hydrogens (tertiary/aromatic N) is 1. The van der Waals surface area contributed by atoms with Crippen LogP contribution in [-0.4, -0.2) is 29.0 Å². The molecule has 4 rings (SSSR count). The lowest BCUT2D eigenvalue weighted by atomic mass is 9.83. The predicted molar refractivity (Wildman–Crippen MR) is 130 cm³/mol. The zero-order valence-corrected chi connectivity index (χ0v) is 20.8. The van der Waals surface area contributed by atoms with Gasteiger partial charge in [0.05, 0.1) is 22.4 Å². The maximum Gasteiger partial charge on any atom is 0.573 e. The maximum atomic E-state index is 12.8. The third-order valence-corrected chi connectivity index (χ3v) is 6.52. The Bertz CT molecular complexity index is 1170. The van der Waals surface area contributed by atoms with Gasteiger partial charge in [-0.2, -0.15) is 0 Å². The normalized spacial score (nSPS) is 13.7.